The smallest absolute Gasteiger partial charge is 0.171 e. The van der Waals surface area contributed by atoms with Gasteiger partial charge in [-0.3, -0.25) is 0 Å². The first-order valence-corrected chi connectivity index (χ1v) is 6.09. The number of ether oxygens (including phenoxy) is 1. The summed E-state index contributed by atoms with van der Waals surface area (Å²) in [6, 6.07) is 2.03. The third kappa shape index (κ3) is 3.11. The molecule has 3 nitrogen and oxygen atoms in total. The van der Waals surface area contributed by atoms with E-state index in [2.05, 4.69) is 18.8 Å². The van der Waals surface area contributed by atoms with Gasteiger partial charge in [0.2, 0.25) is 0 Å². The van der Waals surface area contributed by atoms with Gasteiger partial charge >= 0.3 is 0 Å². The van der Waals surface area contributed by atoms with Crippen LogP contribution in [-0.2, 0) is 0 Å². The van der Waals surface area contributed by atoms with E-state index in [0.717, 1.165) is 0 Å². The van der Waals surface area contributed by atoms with Gasteiger partial charge in [0.25, 0.3) is 0 Å². The number of aromatic nitrogens is 1. The zero-order valence-electron chi connectivity index (χ0n) is 10.8. The Morgan fingerprint density at radius 3 is 2.71 bits per heavy atom. The first-order valence-electron chi connectivity index (χ1n) is 5.71. The Kier molecular flexibility index (Phi) is 4.39. The van der Waals surface area contributed by atoms with E-state index in [-0.39, 0.29) is 6.15 Å². The van der Waals surface area contributed by atoms with Gasteiger partial charge in [-0.1, -0.05) is 25.4 Å². The van der Waals surface area contributed by atoms with Gasteiger partial charge in [0, 0.05) is 6.20 Å². The maximum Gasteiger partial charge on any atom is 0.171 e. The molecule has 0 aromatic carbocycles. The van der Waals surface area contributed by atoms with Crippen LogP contribution in [0.15, 0.2) is 12.3 Å². The summed E-state index contributed by atoms with van der Waals surface area (Å²) in [4.78, 5) is 4.18. The van der Waals surface area contributed by atoms with Crippen LogP contribution in [0, 0.1) is 5.41 Å². The lowest BCUT2D eigenvalue weighted by Gasteiger charge is -2.17. The van der Waals surface area contributed by atoms with Crippen LogP contribution < -0.4 is 10.9 Å². The zero-order valence-corrected chi connectivity index (χ0v) is 11.5. The zero-order chi connectivity index (χ0) is 11.8. The van der Waals surface area contributed by atoms with E-state index in [1.165, 1.54) is 24.8 Å². The van der Waals surface area contributed by atoms with Crippen LogP contribution in [0.4, 0.5) is 0 Å². The first-order chi connectivity index (χ1) is 7.52. The Labute approximate surface area is 108 Å². The van der Waals surface area contributed by atoms with Gasteiger partial charge in [-0.15, -0.1) is 0 Å². The lowest BCUT2D eigenvalue weighted by Crippen LogP contribution is -2.05. The molecule has 1 fully saturated rings. The fraction of sp³-hybridized carbons (Fsp3) is 0.615. The molecule has 1 aliphatic rings. The lowest BCUT2D eigenvalue weighted by molar-refractivity contribution is 0.375. The molecule has 1 heterocycles. The molecular formula is C13H21ClN2O. The van der Waals surface area contributed by atoms with Crippen molar-refractivity contribution in [2.45, 2.75) is 39.0 Å². The number of rotatable bonds is 2. The number of pyridine rings is 1. The molecule has 0 spiro atoms. The van der Waals surface area contributed by atoms with E-state index in [0.29, 0.717) is 22.2 Å². The largest absolute Gasteiger partial charge is 0.494 e. The third-order valence-electron chi connectivity index (χ3n) is 3.49. The predicted molar refractivity (Wildman–Crippen MR) is 71.2 cm³/mol. The fourth-order valence-corrected chi connectivity index (χ4v) is 2.71. The monoisotopic (exact) mass is 256 g/mol. The summed E-state index contributed by atoms with van der Waals surface area (Å²) in [6.45, 7) is 4.65. The van der Waals surface area contributed by atoms with E-state index in [4.69, 9.17) is 16.3 Å². The third-order valence-corrected chi connectivity index (χ3v) is 3.77. The molecule has 4 heteroatoms. The Balaban J connectivity index is 0.00000144. The van der Waals surface area contributed by atoms with E-state index in [9.17, 15) is 0 Å². The highest BCUT2D eigenvalue weighted by Crippen LogP contribution is 2.46. The second-order valence-corrected chi connectivity index (χ2v) is 5.72. The van der Waals surface area contributed by atoms with Gasteiger partial charge in [-0.2, -0.15) is 0 Å². The minimum absolute atomic E-state index is 0. The molecule has 1 aliphatic carbocycles. The van der Waals surface area contributed by atoms with Crippen molar-refractivity contribution in [3.05, 3.63) is 23.0 Å². The van der Waals surface area contributed by atoms with Gasteiger partial charge in [0.05, 0.1) is 7.11 Å². The van der Waals surface area contributed by atoms with Crippen LogP contribution in [-0.4, -0.2) is 12.1 Å². The topological polar surface area (TPSA) is 57.1 Å². The minimum Gasteiger partial charge on any atom is -0.494 e. The van der Waals surface area contributed by atoms with Crippen molar-refractivity contribution >= 4 is 11.6 Å². The number of hydrogen-bond donors (Lipinski definition) is 1. The van der Waals surface area contributed by atoms with E-state index >= 15 is 0 Å². The van der Waals surface area contributed by atoms with Crippen LogP contribution in [0.5, 0.6) is 5.75 Å². The Morgan fingerprint density at radius 2 is 2.18 bits per heavy atom. The second-order valence-electron chi connectivity index (χ2n) is 5.37. The van der Waals surface area contributed by atoms with Crippen molar-refractivity contribution in [3.63, 3.8) is 0 Å². The summed E-state index contributed by atoms with van der Waals surface area (Å²) in [6.07, 6.45) is 5.62. The quantitative estimate of drug-likeness (QED) is 0.807. The van der Waals surface area contributed by atoms with Gasteiger partial charge < -0.3 is 10.9 Å². The Bertz CT molecular complexity index is 393. The number of halogens is 1. The second kappa shape index (κ2) is 5.23. The molecule has 1 unspecified atom stereocenters. The summed E-state index contributed by atoms with van der Waals surface area (Å²) < 4.78 is 5.20. The molecule has 0 saturated heterocycles. The van der Waals surface area contributed by atoms with Crippen molar-refractivity contribution in [1.82, 2.24) is 11.1 Å². The van der Waals surface area contributed by atoms with Crippen LogP contribution in [0.2, 0.25) is 5.15 Å². The highest BCUT2D eigenvalue weighted by atomic mass is 35.5. The molecule has 0 aliphatic heterocycles. The number of nitrogens with zero attached hydrogens (tertiary/aromatic N) is 1. The van der Waals surface area contributed by atoms with E-state index in [1.807, 2.05) is 12.3 Å². The molecule has 0 bridgehead atoms. The van der Waals surface area contributed by atoms with Gasteiger partial charge in [-0.25, -0.2) is 4.98 Å². The normalized spacial score (nSPS) is 22.0. The molecule has 0 amide bonds. The molecule has 1 aromatic rings. The Morgan fingerprint density at radius 1 is 1.47 bits per heavy atom. The summed E-state index contributed by atoms with van der Waals surface area (Å²) in [5.41, 5.74) is 1.71. The number of hydrogen-bond acceptors (Lipinski definition) is 3. The molecule has 0 radical (unpaired) electrons. The molecular weight excluding hydrogens is 236 g/mol. The molecule has 1 saturated carbocycles. The van der Waals surface area contributed by atoms with Crippen molar-refractivity contribution in [2.75, 3.05) is 7.11 Å². The van der Waals surface area contributed by atoms with Gasteiger partial charge in [0.1, 0.15) is 0 Å². The molecule has 17 heavy (non-hydrogen) atoms. The van der Waals surface area contributed by atoms with Crippen molar-refractivity contribution in [1.29, 1.82) is 0 Å². The predicted octanol–water partition coefficient (Wildman–Crippen LogP) is 4.20. The molecule has 2 rings (SSSR count). The first kappa shape index (κ1) is 14.3. The van der Waals surface area contributed by atoms with Crippen molar-refractivity contribution < 1.29 is 4.74 Å². The molecule has 1 aromatic heterocycles. The van der Waals surface area contributed by atoms with Gasteiger partial charge in [-0.05, 0) is 42.2 Å². The molecule has 96 valence electrons. The van der Waals surface area contributed by atoms with Crippen molar-refractivity contribution in [3.8, 4) is 5.75 Å². The highest BCUT2D eigenvalue weighted by molar-refractivity contribution is 6.30. The lowest BCUT2D eigenvalue weighted by atomic mass is 9.89. The van der Waals surface area contributed by atoms with Crippen LogP contribution >= 0.6 is 11.6 Å². The average Bonchev–Trinajstić information content (AvgIpc) is 2.59. The van der Waals surface area contributed by atoms with Crippen LogP contribution in [0.1, 0.15) is 44.6 Å². The van der Waals surface area contributed by atoms with E-state index < -0.39 is 0 Å². The summed E-state index contributed by atoms with van der Waals surface area (Å²) in [5, 5.41) is 0.448. The van der Waals surface area contributed by atoms with Crippen LogP contribution in [0.3, 0.4) is 0 Å². The minimum atomic E-state index is 0. The van der Waals surface area contributed by atoms with Gasteiger partial charge in [0.15, 0.2) is 10.9 Å². The standard InChI is InChI=1S/C13H18ClNO.H3N/c1-13(2)5-4-9(7-13)10-6-11(16-3)12(14)15-8-10;/h6,8-9H,4-5,7H2,1-3H3;1H3. The van der Waals surface area contributed by atoms with E-state index in [1.54, 1.807) is 7.11 Å². The maximum absolute atomic E-state index is 5.92. The maximum atomic E-state index is 5.92. The summed E-state index contributed by atoms with van der Waals surface area (Å²) in [5.74, 6) is 1.29. The summed E-state index contributed by atoms with van der Waals surface area (Å²) in [7, 11) is 1.63. The molecule has 1 atom stereocenters. The Hall–Kier alpha value is -0.800. The fourth-order valence-electron chi connectivity index (χ4n) is 2.53. The number of methoxy groups -OCH3 is 1. The molecule has 3 N–H and O–H groups in total. The highest BCUT2D eigenvalue weighted by Gasteiger charge is 2.32. The van der Waals surface area contributed by atoms with Crippen molar-refractivity contribution in [2.24, 2.45) is 5.41 Å². The average molecular weight is 257 g/mol. The SMILES string of the molecule is COc1cc(C2CCC(C)(C)C2)cnc1Cl.N. The summed E-state index contributed by atoms with van der Waals surface area (Å²) >= 11 is 5.92. The van der Waals surface area contributed by atoms with Crippen LogP contribution in [0.25, 0.3) is 0 Å².